The topological polar surface area (TPSA) is 75.1 Å². The second-order valence-electron chi connectivity index (χ2n) is 6.82. The number of nitrogens with one attached hydrogen (secondary N) is 2. The number of guanidine groups is 1. The summed E-state index contributed by atoms with van der Waals surface area (Å²) in [5.74, 6) is 1.61. The quantitative estimate of drug-likeness (QED) is 0.305. The summed E-state index contributed by atoms with van der Waals surface area (Å²) in [6.07, 6.45) is 1.72. The molecule has 26 heavy (non-hydrogen) atoms. The molecular weight excluding hydrogens is 445 g/mol. The van der Waals surface area contributed by atoms with E-state index in [-0.39, 0.29) is 42.1 Å². The maximum absolute atomic E-state index is 9.30. The van der Waals surface area contributed by atoms with Crippen molar-refractivity contribution in [3.63, 3.8) is 0 Å². The molecule has 0 amide bonds. The molecule has 2 atom stereocenters. The van der Waals surface area contributed by atoms with Crippen LogP contribution in [0, 0.1) is 12.3 Å². The maximum Gasteiger partial charge on any atom is 0.191 e. The lowest BCUT2D eigenvalue weighted by molar-refractivity contribution is 0.127. The molecule has 3 N–H and O–H groups in total. The van der Waals surface area contributed by atoms with E-state index in [0.29, 0.717) is 13.2 Å². The Balaban J connectivity index is 0.00000338. The molecule has 0 radical (unpaired) electrons. The van der Waals surface area contributed by atoms with Crippen molar-refractivity contribution in [1.29, 1.82) is 0 Å². The van der Waals surface area contributed by atoms with Gasteiger partial charge in [-0.25, -0.2) is 0 Å². The summed E-state index contributed by atoms with van der Waals surface area (Å²) in [6, 6.07) is 8.05. The first kappa shape index (κ1) is 23.0. The van der Waals surface area contributed by atoms with E-state index in [2.05, 4.69) is 22.5 Å². The number of hydrogen-bond acceptors (Lipinski definition) is 4. The highest BCUT2D eigenvalue weighted by Crippen LogP contribution is 2.31. The van der Waals surface area contributed by atoms with E-state index in [1.807, 2.05) is 31.2 Å². The molecule has 1 aromatic rings. The molecule has 1 aromatic carbocycles. The molecule has 1 fully saturated rings. The second kappa shape index (κ2) is 11.6. The van der Waals surface area contributed by atoms with E-state index in [4.69, 9.17) is 9.47 Å². The van der Waals surface area contributed by atoms with Crippen LogP contribution in [0.25, 0.3) is 0 Å². The lowest BCUT2D eigenvalue weighted by atomic mass is 9.84. The van der Waals surface area contributed by atoms with Gasteiger partial charge in [0.1, 0.15) is 11.9 Å². The predicted molar refractivity (Wildman–Crippen MR) is 116 cm³/mol. The lowest BCUT2D eigenvalue weighted by Crippen LogP contribution is -2.46. The number of aliphatic hydroxyl groups is 1. The van der Waals surface area contributed by atoms with Crippen LogP contribution in [0.2, 0.25) is 0 Å². The largest absolute Gasteiger partial charge is 0.489 e. The molecule has 0 saturated carbocycles. The second-order valence-corrected chi connectivity index (χ2v) is 6.82. The van der Waals surface area contributed by atoms with Gasteiger partial charge in [-0.3, -0.25) is 4.99 Å². The van der Waals surface area contributed by atoms with Gasteiger partial charge < -0.3 is 25.2 Å². The van der Waals surface area contributed by atoms with Crippen LogP contribution in [0.15, 0.2) is 29.3 Å². The van der Waals surface area contributed by atoms with E-state index in [1.165, 1.54) is 5.56 Å². The Kier molecular flexibility index (Phi) is 10.3. The number of ether oxygens (including phenoxy) is 2. The molecule has 0 aromatic heterocycles. The third-order valence-corrected chi connectivity index (χ3v) is 4.60. The summed E-state index contributed by atoms with van der Waals surface area (Å²) in [7, 11) is 1.75. The highest BCUT2D eigenvalue weighted by atomic mass is 127. The number of nitrogens with zero attached hydrogens (tertiary/aromatic N) is 1. The van der Waals surface area contributed by atoms with Crippen molar-refractivity contribution >= 4 is 29.9 Å². The van der Waals surface area contributed by atoms with E-state index in [9.17, 15) is 5.11 Å². The van der Waals surface area contributed by atoms with Gasteiger partial charge in [0.25, 0.3) is 0 Å². The number of rotatable bonds is 8. The number of aliphatic imine (C=N–C) groups is 1. The minimum absolute atomic E-state index is 0. The van der Waals surface area contributed by atoms with Gasteiger partial charge >= 0.3 is 0 Å². The standard InChI is InChI=1S/C19H31N3O3.HI/c1-15-4-6-17(7-5-15)25-16(2)12-21-18(20-3)22-13-19(8-10-23)9-11-24-14-19;/h4-7,16,23H,8-14H2,1-3H3,(H2,20,21,22);1H. The first-order chi connectivity index (χ1) is 12.1. The van der Waals surface area contributed by atoms with Gasteiger partial charge in [-0.05, 0) is 38.8 Å². The fraction of sp³-hybridized carbons (Fsp3) is 0.632. The number of aryl methyl sites for hydroxylation is 1. The minimum Gasteiger partial charge on any atom is -0.489 e. The van der Waals surface area contributed by atoms with E-state index < -0.39 is 0 Å². The molecule has 1 aliphatic rings. The predicted octanol–water partition coefficient (Wildman–Crippen LogP) is 2.33. The van der Waals surface area contributed by atoms with Crippen LogP contribution in [-0.2, 0) is 4.74 Å². The Morgan fingerprint density at radius 3 is 2.65 bits per heavy atom. The molecule has 2 rings (SSSR count). The van der Waals surface area contributed by atoms with E-state index >= 15 is 0 Å². The van der Waals surface area contributed by atoms with Gasteiger partial charge in [-0.15, -0.1) is 24.0 Å². The van der Waals surface area contributed by atoms with Crippen molar-refractivity contribution in [3.05, 3.63) is 29.8 Å². The number of hydrogen-bond donors (Lipinski definition) is 3. The van der Waals surface area contributed by atoms with Gasteiger partial charge in [0, 0.05) is 32.2 Å². The number of benzene rings is 1. The highest BCUT2D eigenvalue weighted by molar-refractivity contribution is 14.0. The van der Waals surface area contributed by atoms with Crippen LogP contribution in [0.4, 0.5) is 0 Å². The van der Waals surface area contributed by atoms with Crippen molar-refractivity contribution in [2.45, 2.75) is 32.8 Å². The molecule has 7 heteroatoms. The molecule has 1 aliphatic heterocycles. The lowest BCUT2D eigenvalue weighted by Gasteiger charge is -2.28. The fourth-order valence-electron chi connectivity index (χ4n) is 2.93. The van der Waals surface area contributed by atoms with Crippen molar-refractivity contribution in [2.24, 2.45) is 10.4 Å². The zero-order chi connectivity index (χ0) is 18.1. The van der Waals surface area contributed by atoms with Crippen molar-refractivity contribution in [1.82, 2.24) is 10.6 Å². The molecular formula is C19H32IN3O3. The number of aliphatic hydroxyl groups excluding tert-OH is 1. The van der Waals surface area contributed by atoms with Crippen LogP contribution in [0.5, 0.6) is 5.75 Å². The summed E-state index contributed by atoms with van der Waals surface area (Å²) in [4.78, 5) is 4.27. The zero-order valence-corrected chi connectivity index (χ0v) is 18.3. The molecule has 1 saturated heterocycles. The first-order valence-electron chi connectivity index (χ1n) is 8.93. The van der Waals surface area contributed by atoms with Crippen molar-refractivity contribution in [3.8, 4) is 5.75 Å². The Labute approximate surface area is 173 Å². The van der Waals surface area contributed by atoms with Crippen LogP contribution in [0.1, 0.15) is 25.3 Å². The molecule has 0 bridgehead atoms. The SMILES string of the molecule is CN=C(NCC(C)Oc1ccc(C)cc1)NCC1(CCO)CCOC1.I. The monoisotopic (exact) mass is 477 g/mol. The third kappa shape index (κ3) is 7.28. The summed E-state index contributed by atoms with van der Waals surface area (Å²) in [5.41, 5.74) is 1.21. The zero-order valence-electron chi connectivity index (χ0n) is 16.0. The normalized spacial score (nSPS) is 21.0. The smallest absolute Gasteiger partial charge is 0.191 e. The molecule has 1 heterocycles. The molecule has 0 spiro atoms. The maximum atomic E-state index is 9.30. The van der Waals surface area contributed by atoms with Gasteiger partial charge in [-0.1, -0.05) is 17.7 Å². The Hall–Kier alpha value is -1.06. The van der Waals surface area contributed by atoms with E-state index in [1.54, 1.807) is 7.05 Å². The van der Waals surface area contributed by atoms with Crippen LogP contribution < -0.4 is 15.4 Å². The first-order valence-corrected chi connectivity index (χ1v) is 8.93. The highest BCUT2D eigenvalue weighted by Gasteiger charge is 2.34. The molecule has 6 nitrogen and oxygen atoms in total. The van der Waals surface area contributed by atoms with Crippen LogP contribution in [0.3, 0.4) is 0 Å². The average molecular weight is 477 g/mol. The van der Waals surface area contributed by atoms with Crippen molar-refractivity contribution in [2.75, 3.05) is 40.0 Å². The Morgan fingerprint density at radius 1 is 1.35 bits per heavy atom. The summed E-state index contributed by atoms with van der Waals surface area (Å²) in [6.45, 7) is 7.09. The summed E-state index contributed by atoms with van der Waals surface area (Å²) < 4.78 is 11.4. The van der Waals surface area contributed by atoms with E-state index in [0.717, 1.165) is 37.7 Å². The summed E-state index contributed by atoms with van der Waals surface area (Å²) >= 11 is 0. The van der Waals surface area contributed by atoms with Gasteiger partial charge in [0.2, 0.25) is 0 Å². The van der Waals surface area contributed by atoms with Gasteiger partial charge in [-0.2, -0.15) is 0 Å². The fourth-order valence-corrected chi connectivity index (χ4v) is 2.93. The molecule has 148 valence electrons. The average Bonchev–Trinajstić information content (AvgIpc) is 3.06. The molecule has 0 aliphatic carbocycles. The Bertz CT molecular complexity index is 545. The Morgan fingerprint density at radius 2 is 2.08 bits per heavy atom. The molecule has 2 unspecified atom stereocenters. The van der Waals surface area contributed by atoms with Crippen molar-refractivity contribution < 1.29 is 14.6 Å². The summed E-state index contributed by atoms with van der Waals surface area (Å²) in [5, 5.41) is 16.0. The van der Waals surface area contributed by atoms with Crippen LogP contribution in [-0.4, -0.2) is 57.1 Å². The minimum atomic E-state index is -0.00359. The van der Waals surface area contributed by atoms with Gasteiger partial charge in [0.15, 0.2) is 5.96 Å². The number of halogens is 1. The van der Waals surface area contributed by atoms with Gasteiger partial charge in [0.05, 0.1) is 13.2 Å². The third-order valence-electron chi connectivity index (χ3n) is 4.60. The van der Waals surface area contributed by atoms with Crippen LogP contribution >= 0.6 is 24.0 Å².